The number of ether oxygens (including phenoxy) is 2. The summed E-state index contributed by atoms with van der Waals surface area (Å²) in [5.74, 6) is 0.376. The number of benzene rings is 1. The lowest BCUT2D eigenvalue weighted by Gasteiger charge is -2.13. The Labute approximate surface area is 176 Å². The van der Waals surface area contributed by atoms with E-state index in [-0.39, 0.29) is 30.1 Å². The summed E-state index contributed by atoms with van der Waals surface area (Å²) in [6, 6.07) is 10.6. The molecule has 4 N–H and O–H groups in total. The number of nitrogen functional groups attached to an aromatic ring is 1. The van der Waals surface area contributed by atoms with Gasteiger partial charge in [0.1, 0.15) is 35.2 Å². The van der Waals surface area contributed by atoms with Gasteiger partial charge in [-0.15, -0.1) is 11.8 Å². The lowest BCUT2D eigenvalue weighted by molar-refractivity contribution is 0.0854. The Morgan fingerprint density at radius 1 is 1.23 bits per heavy atom. The van der Waals surface area contributed by atoms with E-state index in [1.165, 1.54) is 18.9 Å². The summed E-state index contributed by atoms with van der Waals surface area (Å²) in [5, 5.41) is 30.7. The number of pyridine rings is 1. The van der Waals surface area contributed by atoms with E-state index in [9.17, 15) is 20.1 Å². The lowest BCUT2D eigenvalue weighted by Crippen LogP contribution is -2.25. The van der Waals surface area contributed by atoms with Gasteiger partial charge in [0.2, 0.25) is 0 Å². The number of rotatable bonds is 7. The van der Waals surface area contributed by atoms with Gasteiger partial charge in [-0.2, -0.15) is 10.5 Å². The normalized spacial score (nSPS) is 9.83. The molecule has 0 aliphatic heterocycles. The number of amides is 1. The molecule has 2 rings (SSSR count). The predicted octanol–water partition coefficient (Wildman–Crippen LogP) is 2.72. The van der Waals surface area contributed by atoms with Gasteiger partial charge in [-0.1, -0.05) is 24.3 Å². The molecule has 0 atom stereocenters. The number of nitrogens with one attached hydrogen (secondary N) is 1. The van der Waals surface area contributed by atoms with E-state index in [0.717, 1.165) is 0 Å². The van der Waals surface area contributed by atoms with E-state index in [1.54, 1.807) is 24.3 Å². The van der Waals surface area contributed by atoms with Crippen molar-refractivity contribution in [2.45, 2.75) is 11.6 Å². The van der Waals surface area contributed by atoms with Crippen LogP contribution in [0.2, 0.25) is 0 Å². The second-order valence-corrected chi connectivity index (χ2v) is 6.75. The van der Waals surface area contributed by atoms with Gasteiger partial charge in [-0.25, -0.2) is 14.6 Å². The maximum atomic E-state index is 11.1. The second-order valence-electron chi connectivity index (χ2n) is 5.67. The number of carbonyl (C=O) groups excluding carboxylic acids is 1. The Balaban J connectivity index is 2.37. The van der Waals surface area contributed by atoms with Crippen LogP contribution in [-0.4, -0.2) is 41.7 Å². The SMILES string of the molecule is COC(=O)NCCSc1nc(N)c(C#N)c(-c2ccc(COC(=O)O)cc2)c1C#N. The number of thioether (sulfide) groups is 1. The third-order valence-corrected chi connectivity index (χ3v) is 4.79. The highest BCUT2D eigenvalue weighted by molar-refractivity contribution is 7.99. The van der Waals surface area contributed by atoms with Crippen molar-refractivity contribution < 1.29 is 24.2 Å². The first-order valence-electron chi connectivity index (χ1n) is 8.44. The van der Waals surface area contributed by atoms with Crippen molar-refractivity contribution >= 4 is 29.8 Å². The van der Waals surface area contributed by atoms with E-state index in [2.05, 4.69) is 25.8 Å². The zero-order chi connectivity index (χ0) is 22.1. The molecule has 11 heteroatoms. The Bertz CT molecular complexity index is 1030. The summed E-state index contributed by atoms with van der Waals surface area (Å²) in [4.78, 5) is 25.8. The highest BCUT2D eigenvalue weighted by Crippen LogP contribution is 2.35. The van der Waals surface area contributed by atoms with E-state index in [1.807, 2.05) is 6.07 Å². The van der Waals surface area contributed by atoms with Gasteiger partial charge in [0.05, 0.1) is 12.7 Å². The minimum atomic E-state index is -1.39. The molecular weight excluding hydrogens is 410 g/mol. The average molecular weight is 427 g/mol. The molecule has 0 bridgehead atoms. The van der Waals surface area contributed by atoms with Gasteiger partial charge in [0, 0.05) is 17.9 Å². The van der Waals surface area contributed by atoms with Gasteiger partial charge in [0.15, 0.2) is 0 Å². The maximum Gasteiger partial charge on any atom is 0.506 e. The van der Waals surface area contributed by atoms with Gasteiger partial charge < -0.3 is 25.6 Å². The number of hydrogen-bond donors (Lipinski definition) is 3. The van der Waals surface area contributed by atoms with Crippen molar-refractivity contribution in [3.8, 4) is 23.3 Å². The van der Waals surface area contributed by atoms with E-state index in [0.29, 0.717) is 27.5 Å². The van der Waals surface area contributed by atoms with Crippen LogP contribution >= 0.6 is 11.8 Å². The largest absolute Gasteiger partial charge is 0.506 e. The molecule has 0 saturated carbocycles. The van der Waals surface area contributed by atoms with Crippen LogP contribution in [0, 0.1) is 22.7 Å². The number of nitrogens with zero attached hydrogens (tertiary/aromatic N) is 3. The van der Waals surface area contributed by atoms with Crippen LogP contribution in [-0.2, 0) is 16.1 Å². The number of anilines is 1. The smallest absolute Gasteiger partial charge is 0.453 e. The fourth-order valence-corrected chi connectivity index (χ4v) is 3.33. The Kier molecular flexibility index (Phi) is 7.85. The number of alkyl carbamates (subject to hydrolysis) is 1. The fourth-order valence-electron chi connectivity index (χ4n) is 2.48. The summed E-state index contributed by atoms with van der Waals surface area (Å²) in [6.07, 6.45) is -1.96. The van der Waals surface area contributed by atoms with Crippen molar-refractivity contribution in [1.29, 1.82) is 10.5 Å². The molecule has 1 amide bonds. The summed E-state index contributed by atoms with van der Waals surface area (Å²) in [7, 11) is 1.25. The van der Waals surface area contributed by atoms with Gasteiger partial charge in [0.25, 0.3) is 0 Å². The van der Waals surface area contributed by atoms with Gasteiger partial charge in [-0.3, -0.25) is 0 Å². The van der Waals surface area contributed by atoms with Crippen LogP contribution in [0.25, 0.3) is 11.1 Å². The molecule has 30 heavy (non-hydrogen) atoms. The maximum absolute atomic E-state index is 11.1. The predicted molar refractivity (Wildman–Crippen MR) is 107 cm³/mol. The molecule has 0 aliphatic carbocycles. The first kappa shape index (κ1) is 22.3. The Hall–Kier alpha value is -3.96. The summed E-state index contributed by atoms with van der Waals surface area (Å²) < 4.78 is 9.01. The number of nitrogens with two attached hydrogens (primary N) is 1. The monoisotopic (exact) mass is 427 g/mol. The Morgan fingerprint density at radius 3 is 2.47 bits per heavy atom. The molecule has 0 aliphatic rings. The molecule has 1 aromatic heterocycles. The highest BCUT2D eigenvalue weighted by atomic mass is 32.2. The van der Waals surface area contributed by atoms with Gasteiger partial charge in [-0.05, 0) is 11.1 Å². The van der Waals surface area contributed by atoms with Crippen molar-refractivity contribution in [3.05, 3.63) is 41.0 Å². The third kappa shape index (κ3) is 5.53. The lowest BCUT2D eigenvalue weighted by atomic mass is 9.96. The quantitative estimate of drug-likeness (QED) is 0.339. The van der Waals surface area contributed by atoms with E-state index in [4.69, 9.17) is 10.8 Å². The zero-order valence-corrected chi connectivity index (χ0v) is 16.7. The number of carbonyl (C=O) groups is 2. The molecule has 0 saturated heterocycles. The highest BCUT2D eigenvalue weighted by Gasteiger charge is 2.20. The van der Waals surface area contributed by atoms with E-state index >= 15 is 0 Å². The van der Waals surface area contributed by atoms with Crippen LogP contribution in [0.3, 0.4) is 0 Å². The minimum Gasteiger partial charge on any atom is -0.453 e. The van der Waals surface area contributed by atoms with Crippen molar-refractivity contribution in [2.24, 2.45) is 0 Å². The molecule has 0 unspecified atom stereocenters. The topological polar surface area (TPSA) is 171 Å². The molecule has 2 aromatic rings. The molecule has 1 heterocycles. The van der Waals surface area contributed by atoms with Crippen molar-refractivity contribution in [2.75, 3.05) is 25.1 Å². The number of nitriles is 2. The second kappa shape index (κ2) is 10.5. The van der Waals surface area contributed by atoms with Crippen LogP contribution in [0.15, 0.2) is 29.3 Å². The van der Waals surface area contributed by atoms with Crippen LogP contribution in [0.4, 0.5) is 15.4 Å². The summed E-state index contributed by atoms with van der Waals surface area (Å²) >= 11 is 1.20. The van der Waals surface area contributed by atoms with Crippen LogP contribution < -0.4 is 11.1 Å². The molecular formula is C19H17N5O5S. The first-order chi connectivity index (χ1) is 14.4. The average Bonchev–Trinajstić information content (AvgIpc) is 2.74. The number of methoxy groups -OCH3 is 1. The Morgan fingerprint density at radius 2 is 1.90 bits per heavy atom. The number of aromatic nitrogens is 1. The molecule has 0 fully saturated rings. The molecule has 154 valence electrons. The van der Waals surface area contributed by atoms with Crippen LogP contribution in [0.5, 0.6) is 0 Å². The first-order valence-corrected chi connectivity index (χ1v) is 9.43. The number of carboxylic acid groups (broad SMARTS) is 1. The summed E-state index contributed by atoms with van der Waals surface area (Å²) in [6.45, 7) is 0.149. The molecule has 1 aromatic carbocycles. The molecule has 0 spiro atoms. The van der Waals surface area contributed by atoms with Crippen LogP contribution in [0.1, 0.15) is 16.7 Å². The van der Waals surface area contributed by atoms with Crippen molar-refractivity contribution in [3.63, 3.8) is 0 Å². The summed E-state index contributed by atoms with van der Waals surface area (Å²) in [5.41, 5.74) is 7.68. The molecule has 0 radical (unpaired) electrons. The van der Waals surface area contributed by atoms with E-state index < -0.39 is 12.2 Å². The third-order valence-electron chi connectivity index (χ3n) is 3.82. The van der Waals surface area contributed by atoms with Crippen molar-refractivity contribution in [1.82, 2.24) is 10.3 Å². The fraction of sp³-hybridized carbons (Fsp3) is 0.211. The zero-order valence-electron chi connectivity index (χ0n) is 15.8. The van der Waals surface area contributed by atoms with Gasteiger partial charge >= 0.3 is 12.2 Å². The standard InChI is InChI=1S/C19H17N5O5S/c1-28-18(25)23-6-7-30-17-14(9-21)15(13(8-20)16(22)24-17)12-4-2-11(3-5-12)10-29-19(26)27/h2-5H,6-7,10H2,1H3,(H2,22,24)(H,23,25)(H,26,27). The minimum absolute atomic E-state index is 0.0202. The number of hydrogen-bond acceptors (Lipinski definition) is 9. The molecule has 10 nitrogen and oxygen atoms in total.